The Bertz CT molecular complexity index is 1310. The molecule has 0 unspecified atom stereocenters. The zero-order valence-electron chi connectivity index (χ0n) is 22.6. The third-order valence-electron chi connectivity index (χ3n) is 7.61. The third kappa shape index (κ3) is 7.34. The van der Waals surface area contributed by atoms with Crippen LogP contribution in [-0.4, -0.2) is 52.8 Å². The van der Waals surface area contributed by atoms with Gasteiger partial charge in [-0.3, -0.25) is 14.7 Å². The van der Waals surface area contributed by atoms with Crippen molar-refractivity contribution in [3.8, 4) is 17.6 Å². The minimum Gasteiger partial charge on any atom is -0.497 e. The summed E-state index contributed by atoms with van der Waals surface area (Å²) >= 11 is 0. The first-order valence-corrected chi connectivity index (χ1v) is 13.4. The SMILES string of the molecule is COc1ccc2nccc([C@H](O)CC[C@@H]3CCN(CC#Cc4cc(C)cc(C)c4)C[C@H]3CCC(=O)O)c2c1. The number of likely N-dealkylation sites (tertiary alicyclic amines) is 1. The van der Waals surface area contributed by atoms with Crippen LogP contribution < -0.4 is 4.74 Å². The molecule has 0 radical (unpaired) electrons. The Kier molecular flexibility index (Phi) is 9.38. The number of carbonyl (C=O) groups is 1. The number of hydrogen-bond acceptors (Lipinski definition) is 5. The molecular formula is C32H38N2O4. The van der Waals surface area contributed by atoms with E-state index in [9.17, 15) is 15.0 Å². The first-order valence-electron chi connectivity index (χ1n) is 13.4. The molecule has 2 N–H and O–H groups in total. The number of fused-ring (bicyclic) bond motifs is 1. The molecule has 1 saturated heterocycles. The van der Waals surface area contributed by atoms with Crippen molar-refractivity contribution in [2.45, 2.75) is 52.1 Å². The van der Waals surface area contributed by atoms with Crippen LogP contribution in [-0.2, 0) is 4.79 Å². The van der Waals surface area contributed by atoms with Crippen LogP contribution in [0.15, 0.2) is 48.7 Å². The standard InChI is InChI=1S/C32H38N2O4/c1-22-17-23(2)19-24(18-22)5-4-15-34-16-13-25(26(21-34)7-11-32(36)37)6-10-31(35)28-12-14-33-30-9-8-27(38-3)20-29(28)30/h8-9,12,14,17-20,25-26,31,35H,6-7,10-11,13,15-16,21H2,1-3H3,(H,36,37)/t25-,26-,31-/m1/s1. The number of ether oxygens (including phenoxy) is 1. The van der Waals surface area contributed by atoms with Crippen LogP contribution in [0.5, 0.6) is 5.75 Å². The van der Waals surface area contributed by atoms with Crippen molar-refractivity contribution < 1.29 is 19.7 Å². The number of aromatic nitrogens is 1. The quantitative estimate of drug-likeness (QED) is 0.366. The number of carboxylic acids is 1. The number of aliphatic hydroxyl groups excluding tert-OH is 1. The Balaban J connectivity index is 1.40. The molecular weight excluding hydrogens is 476 g/mol. The highest BCUT2D eigenvalue weighted by Crippen LogP contribution is 2.35. The average Bonchev–Trinajstić information content (AvgIpc) is 2.89. The van der Waals surface area contributed by atoms with Crippen LogP contribution >= 0.6 is 0 Å². The monoisotopic (exact) mass is 514 g/mol. The average molecular weight is 515 g/mol. The second-order valence-corrected chi connectivity index (χ2v) is 10.5. The maximum absolute atomic E-state index is 11.3. The van der Waals surface area contributed by atoms with Gasteiger partial charge in [0.25, 0.3) is 0 Å². The minimum atomic E-state index is -0.757. The molecule has 6 heteroatoms. The molecule has 0 spiro atoms. The molecule has 0 amide bonds. The second kappa shape index (κ2) is 12.9. The van der Waals surface area contributed by atoms with Crippen molar-refractivity contribution in [2.24, 2.45) is 11.8 Å². The van der Waals surface area contributed by atoms with E-state index < -0.39 is 12.1 Å². The van der Waals surface area contributed by atoms with Crippen LogP contribution in [0.4, 0.5) is 0 Å². The Morgan fingerprint density at radius 1 is 1.13 bits per heavy atom. The molecule has 0 bridgehead atoms. The summed E-state index contributed by atoms with van der Waals surface area (Å²) < 4.78 is 5.37. The number of piperidine rings is 1. The summed E-state index contributed by atoms with van der Waals surface area (Å²) in [5, 5.41) is 21.4. The summed E-state index contributed by atoms with van der Waals surface area (Å²) in [6, 6.07) is 13.9. The fourth-order valence-electron chi connectivity index (χ4n) is 5.71. The summed E-state index contributed by atoms with van der Waals surface area (Å²) in [6.45, 7) is 6.62. The summed E-state index contributed by atoms with van der Waals surface area (Å²) in [6.07, 6.45) is 4.38. The maximum atomic E-state index is 11.3. The molecule has 200 valence electrons. The first kappa shape index (κ1) is 27.6. The number of nitrogens with zero attached hydrogens (tertiary/aromatic N) is 2. The van der Waals surface area contributed by atoms with Gasteiger partial charge in [0, 0.05) is 30.1 Å². The molecule has 0 saturated carbocycles. The maximum Gasteiger partial charge on any atom is 0.303 e. The van der Waals surface area contributed by atoms with Crippen LogP contribution in [0.2, 0.25) is 0 Å². The van der Waals surface area contributed by atoms with Gasteiger partial charge in [0.05, 0.1) is 25.3 Å². The van der Waals surface area contributed by atoms with E-state index >= 15 is 0 Å². The first-order chi connectivity index (χ1) is 18.3. The van der Waals surface area contributed by atoms with Crippen molar-refractivity contribution >= 4 is 16.9 Å². The lowest BCUT2D eigenvalue weighted by Crippen LogP contribution is -2.41. The van der Waals surface area contributed by atoms with Gasteiger partial charge in [-0.25, -0.2) is 0 Å². The largest absolute Gasteiger partial charge is 0.497 e. The Hall–Kier alpha value is -3.40. The molecule has 4 rings (SSSR count). The van der Waals surface area contributed by atoms with Gasteiger partial charge >= 0.3 is 5.97 Å². The zero-order chi connectivity index (χ0) is 27.1. The fourth-order valence-corrected chi connectivity index (χ4v) is 5.71. The number of carboxylic acid groups (broad SMARTS) is 1. The normalized spacial score (nSPS) is 18.5. The van der Waals surface area contributed by atoms with Gasteiger partial charge in [0.2, 0.25) is 0 Å². The van der Waals surface area contributed by atoms with Crippen molar-refractivity contribution in [1.82, 2.24) is 9.88 Å². The Labute approximate surface area is 225 Å². The van der Waals surface area contributed by atoms with E-state index in [1.165, 1.54) is 11.1 Å². The predicted molar refractivity (Wildman–Crippen MR) is 150 cm³/mol. The van der Waals surface area contributed by atoms with E-state index in [0.717, 1.165) is 53.7 Å². The van der Waals surface area contributed by atoms with Crippen LogP contribution in [0.1, 0.15) is 60.5 Å². The lowest BCUT2D eigenvalue weighted by atomic mass is 9.79. The van der Waals surface area contributed by atoms with E-state index in [0.29, 0.717) is 25.3 Å². The lowest BCUT2D eigenvalue weighted by molar-refractivity contribution is -0.137. The number of aliphatic carboxylic acids is 1. The number of methoxy groups -OCH3 is 1. The third-order valence-corrected chi connectivity index (χ3v) is 7.61. The second-order valence-electron chi connectivity index (χ2n) is 10.5. The minimum absolute atomic E-state index is 0.167. The van der Waals surface area contributed by atoms with Crippen molar-refractivity contribution in [3.05, 3.63) is 70.9 Å². The van der Waals surface area contributed by atoms with Gasteiger partial charge in [-0.2, -0.15) is 0 Å². The predicted octanol–water partition coefficient (Wildman–Crippen LogP) is 5.53. The van der Waals surface area contributed by atoms with Crippen LogP contribution in [0.25, 0.3) is 10.9 Å². The van der Waals surface area contributed by atoms with Gasteiger partial charge < -0.3 is 14.9 Å². The van der Waals surface area contributed by atoms with Crippen molar-refractivity contribution in [1.29, 1.82) is 0 Å². The van der Waals surface area contributed by atoms with Crippen LogP contribution in [0.3, 0.4) is 0 Å². The molecule has 1 aliphatic rings. The Morgan fingerprint density at radius 3 is 2.66 bits per heavy atom. The molecule has 38 heavy (non-hydrogen) atoms. The van der Waals surface area contributed by atoms with Gasteiger partial charge in [-0.05, 0) is 111 Å². The topological polar surface area (TPSA) is 82.9 Å². The lowest BCUT2D eigenvalue weighted by Gasteiger charge is -2.38. The van der Waals surface area contributed by atoms with E-state index in [2.05, 4.69) is 53.8 Å². The number of pyridine rings is 1. The molecule has 2 aromatic carbocycles. The highest BCUT2D eigenvalue weighted by molar-refractivity contribution is 5.83. The van der Waals surface area contributed by atoms with Crippen LogP contribution in [0, 0.1) is 37.5 Å². The summed E-state index contributed by atoms with van der Waals surface area (Å²) in [5.74, 6) is 7.24. The molecule has 3 aromatic rings. The molecule has 6 nitrogen and oxygen atoms in total. The molecule has 1 aromatic heterocycles. The fraction of sp³-hybridized carbons (Fsp3) is 0.438. The van der Waals surface area contributed by atoms with Gasteiger partial charge in [0.15, 0.2) is 0 Å². The summed E-state index contributed by atoms with van der Waals surface area (Å²) in [5.41, 5.74) is 5.15. The Morgan fingerprint density at radius 2 is 1.92 bits per heavy atom. The molecule has 0 aliphatic carbocycles. The molecule has 1 aliphatic heterocycles. The highest BCUT2D eigenvalue weighted by Gasteiger charge is 2.30. The number of aliphatic hydroxyl groups is 1. The van der Waals surface area contributed by atoms with Gasteiger partial charge in [0.1, 0.15) is 5.75 Å². The number of benzene rings is 2. The van der Waals surface area contributed by atoms with E-state index in [4.69, 9.17) is 4.74 Å². The molecule has 2 heterocycles. The molecule has 1 fully saturated rings. The van der Waals surface area contributed by atoms with E-state index in [-0.39, 0.29) is 12.3 Å². The number of hydrogen-bond donors (Lipinski definition) is 2. The highest BCUT2D eigenvalue weighted by atomic mass is 16.5. The van der Waals surface area contributed by atoms with Crippen molar-refractivity contribution in [3.63, 3.8) is 0 Å². The van der Waals surface area contributed by atoms with Crippen molar-refractivity contribution in [2.75, 3.05) is 26.7 Å². The zero-order valence-corrected chi connectivity index (χ0v) is 22.6. The molecule has 3 atom stereocenters. The number of aryl methyl sites for hydroxylation is 2. The number of rotatable bonds is 9. The summed E-state index contributed by atoms with van der Waals surface area (Å²) in [4.78, 5) is 18.1. The summed E-state index contributed by atoms with van der Waals surface area (Å²) in [7, 11) is 1.63. The van der Waals surface area contributed by atoms with E-state index in [1.807, 2.05) is 24.3 Å². The smallest absolute Gasteiger partial charge is 0.303 e. The van der Waals surface area contributed by atoms with E-state index in [1.54, 1.807) is 13.3 Å². The van der Waals surface area contributed by atoms with Gasteiger partial charge in [-0.15, -0.1) is 0 Å². The van der Waals surface area contributed by atoms with Gasteiger partial charge in [-0.1, -0.05) is 17.9 Å².